The van der Waals surface area contributed by atoms with Gasteiger partial charge in [-0.1, -0.05) is 96.0 Å². The third-order valence-electron chi connectivity index (χ3n) is 5.53. The van der Waals surface area contributed by atoms with E-state index in [2.05, 4.69) is 108 Å². The molecule has 0 saturated carbocycles. The Labute approximate surface area is 155 Å². The van der Waals surface area contributed by atoms with Crippen molar-refractivity contribution < 1.29 is 0 Å². The van der Waals surface area contributed by atoms with Crippen LogP contribution in [0.1, 0.15) is 58.2 Å². The van der Waals surface area contributed by atoms with Gasteiger partial charge in [0, 0.05) is 5.56 Å². The Bertz CT molecular complexity index is 708. The summed E-state index contributed by atoms with van der Waals surface area (Å²) in [5.41, 5.74) is 9.74. The summed E-state index contributed by atoms with van der Waals surface area (Å²) in [5.74, 6) is 3.63. The lowest BCUT2D eigenvalue weighted by Crippen LogP contribution is -2.43. The van der Waals surface area contributed by atoms with Gasteiger partial charge in [-0.15, -0.1) is 5.54 Å². The van der Waals surface area contributed by atoms with Gasteiger partial charge in [0.2, 0.25) is 0 Å². The van der Waals surface area contributed by atoms with Crippen LogP contribution in [0.4, 0.5) is 0 Å². The molecule has 0 unspecified atom stereocenters. The maximum Gasteiger partial charge on any atom is 0.146 e. The molecular weight excluding hydrogens is 316 g/mol. The Morgan fingerprint density at radius 1 is 0.720 bits per heavy atom. The smallest absolute Gasteiger partial charge is 0.125 e. The highest BCUT2D eigenvalue weighted by molar-refractivity contribution is 6.90. The molecule has 0 N–H and O–H groups in total. The quantitative estimate of drug-likeness (QED) is 0.409. The van der Waals surface area contributed by atoms with E-state index in [0.717, 1.165) is 6.42 Å². The van der Waals surface area contributed by atoms with Crippen LogP contribution in [0, 0.1) is 11.5 Å². The van der Waals surface area contributed by atoms with E-state index in [1.165, 1.54) is 16.7 Å². The SMILES string of the molecule is CC(C)[Si](C#Cc1ccccc1Cc1ccccc1)(C(C)C)C(C)C. The monoisotopic (exact) mass is 348 g/mol. The van der Waals surface area contributed by atoms with E-state index in [4.69, 9.17) is 0 Å². The predicted molar refractivity (Wildman–Crippen MR) is 114 cm³/mol. The Kier molecular flexibility index (Phi) is 6.68. The Balaban J connectivity index is 2.42. The number of benzene rings is 2. The molecule has 0 saturated heterocycles. The van der Waals surface area contributed by atoms with Crippen LogP contribution >= 0.6 is 0 Å². The molecule has 2 rings (SSSR count). The van der Waals surface area contributed by atoms with Gasteiger partial charge in [0.1, 0.15) is 8.07 Å². The first-order chi connectivity index (χ1) is 11.9. The Hall–Kier alpha value is -1.78. The largest absolute Gasteiger partial charge is 0.146 e. The average Bonchev–Trinajstić information content (AvgIpc) is 2.57. The fourth-order valence-electron chi connectivity index (χ4n) is 4.22. The molecule has 0 aliphatic carbocycles. The second-order valence-electron chi connectivity index (χ2n) is 7.97. The molecule has 0 fully saturated rings. The molecule has 0 aliphatic rings. The maximum atomic E-state index is 3.86. The average molecular weight is 349 g/mol. The zero-order chi connectivity index (χ0) is 18.4. The molecule has 0 heterocycles. The van der Waals surface area contributed by atoms with Crippen molar-refractivity contribution in [2.45, 2.75) is 64.6 Å². The Morgan fingerprint density at radius 3 is 1.80 bits per heavy atom. The van der Waals surface area contributed by atoms with Crippen molar-refractivity contribution in [1.29, 1.82) is 0 Å². The van der Waals surface area contributed by atoms with Gasteiger partial charge in [-0.25, -0.2) is 0 Å². The zero-order valence-electron chi connectivity index (χ0n) is 16.6. The lowest BCUT2D eigenvalue weighted by molar-refractivity contribution is 0.838. The van der Waals surface area contributed by atoms with Gasteiger partial charge in [-0.05, 0) is 40.2 Å². The lowest BCUT2D eigenvalue weighted by atomic mass is 10.0. The minimum atomic E-state index is -1.69. The van der Waals surface area contributed by atoms with Crippen molar-refractivity contribution >= 4 is 8.07 Å². The van der Waals surface area contributed by atoms with Crippen LogP contribution in [0.3, 0.4) is 0 Å². The van der Waals surface area contributed by atoms with Crippen molar-refractivity contribution in [2.24, 2.45) is 0 Å². The third-order valence-corrected chi connectivity index (χ3v) is 11.8. The number of hydrogen-bond donors (Lipinski definition) is 0. The van der Waals surface area contributed by atoms with Crippen LogP contribution in [0.15, 0.2) is 54.6 Å². The van der Waals surface area contributed by atoms with Gasteiger partial charge in [-0.3, -0.25) is 0 Å². The summed E-state index contributed by atoms with van der Waals surface area (Å²) in [6, 6.07) is 19.3. The van der Waals surface area contributed by atoms with E-state index in [-0.39, 0.29) is 0 Å². The molecular formula is C24H32Si. The highest BCUT2D eigenvalue weighted by atomic mass is 28.3. The molecule has 0 atom stereocenters. The minimum absolute atomic E-state index is 0.668. The second-order valence-corrected chi connectivity index (χ2v) is 13.5. The second kappa shape index (κ2) is 8.54. The van der Waals surface area contributed by atoms with E-state index in [9.17, 15) is 0 Å². The summed E-state index contributed by atoms with van der Waals surface area (Å²) in [4.78, 5) is 0. The molecule has 25 heavy (non-hydrogen) atoms. The van der Waals surface area contributed by atoms with Gasteiger partial charge in [0.15, 0.2) is 0 Å². The van der Waals surface area contributed by atoms with Gasteiger partial charge in [0.25, 0.3) is 0 Å². The van der Waals surface area contributed by atoms with Gasteiger partial charge < -0.3 is 0 Å². The topological polar surface area (TPSA) is 0 Å². The summed E-state index contributed by atoms with van der Waals surface area (Å²) in [6.07, 6.45) is 0.950. The van der Waals surface area contributed by atoms with Crippen LogP contribution in [0.5, 0.6) is 0 Å². The fourth-order valence-corrected chi connectivity index (χ4v) is 9.44. The van der Waals surface area contributed by atoms with Crippen LogP contribution < -0.4 is 0 Å². The van der Waals surface area contributed by atoms with Crippen LogP contribution in [0.25, 0.3) is 0 Å². The van der Waals surface area contributed by atoms with Crippen molar-refractivity contribution in [2.75, 3.05) is 0 Å². The standard InChI is InChI=1S/C24H32Si/c1-19(2)25(20(3)4,21(5)6)17-16-23-14-10-11-15-24(23)18-22-12-8-7-9-13-22/h7-15,19-21H,18H2,1-6H3. The van der Waals surface area contributed by atoms with Crippen LogP contribution in [-0.4, -0.2) is 8.07 Å². The summed E-state index contributed by atoms with van der Waals surface area (Å²) >= 11 is 0. The minimum Gasteiger partial charge on any atom is -0.125 e. The van der Waals surface area contributed by atoms with Crippen LogP contribution in [0.2, 0.25) is 16.6 Å². The van der Waals surface area contributed by atoms with Crippen molar-refractivity contribution in [3.63, 3.8) is 0 Å². The highest BCUT2D eigenvalue weighted by Gasteiger charge is 2.41. The maximum absolute atomic E-state index is 3.86. The summed E-state index contributed by atoms with van der Waals surface area (Å²) in [6.45, 7) is 14.2. The molecule has 0 spiro atoms. The first-order valence-electron chi connectivity index (χ1n) is 9.53. The molecule has 0 aliphatic heterocycles. The number of hydrogen-bond acceptors (Lipinski definition) is 0. The molecule has 2 aromatic carbocycles. The molecule has 2 aromatic rings. The molecule has 1 heteroatoms. The van der Waals surface area contributed by atoms with E-state index >= 15 is 0 Å². The summed E-state index contributed by atoms with van der Waals surface area (Å²) in [7, 11) is -1.69. The van der Waals surface area contributed by atoms with Gasteiger partial charge in [0.05, 0.1) is 0 Å². The molecule has 0 aromatic heterocycles. The molecule has 0 nitrogen and oxygen atoms in total. The zero-order valence-corrected chi connectivity index (χ0v) is 17.6. The van der Waals surface area contributed by atoms with Crippen molar-refractivity contribution in [3.05, 3.63) is 71.3 Å². The molecule has 132 valence electrons. The van der Waals surface area contributed by atoms with E-state index < -0.39 is 8.07 Å². The molecule has 0 radical (unpaired) electrons. The first-order valence-corrected chi connectivity index (χ1v) is 11.8. The summed E-state index contributed by atoms with van der Waals surface area (Å²) in [5, 5.41) is 0. The van der Waals surface area contributed by atoms with Crippen molar-refractivity contribution in [3.8, 4) is 11.5 Å². The van der Waals surface area contributed by atoms with E-state index in [0.29, 0.717) is 16.6 Å². The molecule has 0 amide bonds. The van der Waals surface area contributed by atoms with E-state index in [1.54, 1.807) is 0 Å². The lowest BCUT2D eigenvalue weighted by Gasteiger charge is -2.38. The summed E-state index contributed by atoms with van der Waals surface area (Å²) < 4.78 is 0. The Morgan fingerprint density at radius 2 is 1.24 bits per heavy atom. The van der Waals surface area contributed by atoms with E-state index in [1.807, 2.05) is 0 Å². The number of rotatable bonds is 5. The highest BCUT2D eigenvalue weighted by Crippen LogP contribution is 2.40. The third kappa shape index (κ3) is 4.44. The van der Waals surface area contributed by atoms with Gasteiger partial charge in [-0.2, -0.15) is 0 Å². The fraction of sp³-hybridized carbons (Fsp3) is 0.417. The predicted octanol–water partition coefficient (Wildman–Crippen LogP) is 6.85. The normalized spacial score (nSPS) is 11.7. The first kappa shape index (κ1) is 19.5. The molecule has 0 bridgehead atoms. The van der Waals surface area contributed by atoms with Crippen LogP contribution in [-0.2, 0) is 6.42 Å². The van der Waals surface area contributed by atoms with Crippen molar-refractivity contribution in [1.82, 2.24) is 0 Å². The van der Waals surface area contributed by atoms with Gasteiger partial charge >= 0.3 is 0 Å².